The molecular formula is C24H29F3N4O3. The molecule has 1 saturated heterocycles. The van der Waals surface area contributed by atoms with Crippen molar-refractivity contribution in [3.05, 3.63) is 53.1 Å². The molecular weight excluding hydrogens is 449 g/mol. The Bertz CT molecular complexity index is 1070. The molecule has 7 nitrogen and oxygen atoms in total. The highest BCUT2D eigenvalue weighted by molar-refractivity contribution is 5.79. The van der Waals surface area contributed by atoms with Gasteiger partial charge in [0.15, 0.2) is 11.6 Å². The van der Waals surface area contributed by atoms with E-state index < -0.39 is 35.2 Å². The molecule has 1 saturated carbocycles. The highest BCUT2D eigenvalue weighted by atomic mass is 19.2. The van der Waals surface area contributed by atoms with Gasteiger partial charge in [-0.25, -0.2) is 18.0 Å². The second kappa shape index (κ2) is 9.31. The maximum absolute atomic E-state index is 14.2. The maximum atomic E-state index is 14.2. The van der Waals surface area contributed by atoms with Crippen LogP contribution in [0.4, 0.5) is 18.0 Å². The Morgan fingerprint density at radius 3 is 2.47 bits per heavy atom. The number of likely N-dealkylation sites (tertiary alicyclic amines) is 1. The van der Waals surface area contributed by atoms with Crippen molar-refractivity contribution in [2.45, 2.75) is 70.1 Å². The first-order valence-corrected chi connectivity index (χ1v) is 11.4. The van der Waals surface area contributed by atoms with Gasteiger partial charge in [0, 0.05) is 43.7 Å². The van der Waals surface area contributed by atoms with Crippen LogP contribution in [0.1, 0.15) is 63.3 Å². The van der Waals surface area contributed by atoms with Crippen LogP contribution in [0.25, 0.3) is 0 Å². The molecule has 2 fully saturated rings. The lowest BCUT2D eigenvalue weighted by Crippen LogP contribution is -2.53. The van der Waals surface area contributed by atoms with Crippen LogP contribution < -0.4 is 5.32 Å². The number of rotatable bonds is 7. The third kappa shape index (κ3) is 5.90. The Hall–Kier alpha value is -3.04. The molecule has 2 aromatic rings. The number of halogens is 3. The lowest BCUT2D eigenvalue weighted by atomic mass is 10.0. The smallest absolute Gasteiger partial charge is 0.407 e. The number of aromatic nitrogens is 2. The zero-order valence-electron chi connectivity index (χ0n) is 19.5. The number of benzene rings is 1. The van der Waals surface area contributed by atoms with Crippen LogP contribution in [-0.2, 0) is 16.0 Å². The lowest BCUT2D eigenvalue weighted by Gasteiger charge is -2.40. The Morgan fingerprint density at radius 2 is 1.82 bits per heavy atom. The molecule has 0 bridgehead atoms. The fraction of sp³-hybridized carbons (Fsp3) is 0.542. The molecule has 1 atom stereocenters. The van der Waals surface area contributed by atoms with Gasteiger partial charge in [-0.15, -0.1) is 0 Å². The SMILES string of the molecule is CC(C)(C)OC(=O)NC(CC(=O)N1CC(n2ccc(C3CC3)n2)C1)Cc1cc(F)c(F)cc1F. The minimum Gasteiger partial charge on any atom is -0.444 e. The Morgan fingerprint density at radius 1 is 1.15 bits per heavy atom. The number of alkyl carbamates (subject to hydrolysis) is 1. The molecule has 0 spiro atoms. The molecule has 1 aromatic carbocycles. The number of ether oxygens (including phenoxy) is 1. The van der Waals surface area contributed by atoms with E-state index >= 15 is 0 Å². The normalized spacial score (nSPS) is 17.3. The molecule has 1 aromatic heterocycles. The molecule has 34 heavy (non-hydrogen) atoms. The summed E-state index contributed by atoms with van der Waals surface area (Å²) >= 11 is 0. The fourth-order valence-corrected chi connectivity index (χ4v) is 3.95. The van der Waals surface area contributed by atoms with Gasteiger partial charge < -0.3 is 15.0 Å². The van der Waals surface area contributed by atoms with Crippen LogP contribution in [0.5, 0.6) is 0 Å². The summed E-state index contributed by atoms with van der Waals surface area (Å²) in [5, 5.41) is 7.17. The van der Waals surface area contributed by atoms with Gasteiger partial charge in [0.25, 0.3) is 0 Å². The van der Waals surface area contributed by atoms with Crippen molar-refractivity contribution in [3.8, 4) is 0 Å². The van der Waals surface area contributed by atoms with Crippen molar-refractivity contribution < 1.29 is 27.5 Å². The summed E-state index contributed by atoms with van der Waals surface area (Å²) in [6, 6.07) is 2.42. The topological polar surface area (TPSA) is 76.5 Å². The van der Waals surface area contributed by atoms with Crippen molar-refractivity contribution in [1.82, 2.24) is 20.0 Å². The highest BCUT2D eigenvalue weighted by Crippen LogP contribution is 2.39. The van der Waals surface area contributed by atoms with E-state index in [4.69, 9.17) is 4.74 Å². The molecule has 184 valence electrons. The number of amides is 2. The zero-order chi connectivity index (χ0) is 24.6. The molecule has 2 amide bonds. The van der Waals surface area contributed by atoms with Crippen LogP contribution in [0.3, 0.4) is 0 Å². The number of hydrogen-bond donors (Lipinski definition) is 1. The minimum absolute atomic E-state index is 0.0809. The molecule has 1 N–H and O–H groups in total. The predicted octanol–water partition coefficient (Wildman–Crippen LogP) is 4.09. The van der Waals surface area contributed by atoms with Gasteiger partial charge >= 0.3 is 6.09 Å². The first-order chi connectivity index (χ1) is 16.0. The van der Waals surface area contributed by atoms with E-state index in [0.29, 0.717) is 25.1 Å². The summed E-state index contributed by atoms with van der Waals surface area (Å²) in [4.78, 5) is 26.8. The Labute approximate surface area is 196 Å². The van der Waals surface area contributed by atoms with Crippen molar-refractivity contribution in [2.75, 3.05) is 13.1 Å². The van der Waals surface area contributed by atoms with Crippen molar-refractivity contribution >= 4 is 12.0 Å². The first-order valence-electron chi connectivity index (χ1n) is 11.4. The Kier molecular flexibility index (Phi) is 6.60. The summed E-state index contributed by atoms with van der Waals surface area (Å²) in [5.41, 5.74) is 0.165. The van der Waals surface area contributed by atoms with Gasteiger partial charge in [-0.3, -0.25) is 9.48 Å². The highest BCUT2D eigenvalue weighted by Gasteiger charge is 2.35. The van der Waals surface area contributed by atoms with E-state index in [1.54, 1.807) is 25.7 Å². The zero-order valence-corrected chi connectivity index (χ0v) is 19.5. The average molecular weight is 479 g/mol. The third-order valence-corrected chi connectivity index (χ3v) is 5.91. The van der Waals surface area contributed by atoms with Gasteiger partial charge in [-0.05, 0) is 57.7 Å². The number of hydrogen-bond acceptors (Lipinski definition) is 4. The second-order valence-corrected chi connectivity index (χ2v) is 10.1. The van der Waals surface area contributed by atoms with Gasteiger partial charge in [-0.1, -0.05) is 0 Å². The van der Waals surface area contributed by atoms with Gasteiger partial charge in [0.1, 0.15) is 11.4 Å². The first kappa shape index (κ1) is 24.1. The maximum Gasteiger partial charge on any atom is 0.407 e. The molecule has 2 heterocycles. The van der Waals surface area contributed by atoms with E-state index in [9.17, 15) is 22.8 Å². The number of carbonyl (C=O) groups is 2. The second-order valence-electron chi connectivity index (χ2n) is 10.1. The molecule has 0 radical (unpaired) electrons. The molecule has 4 rings (SSSR count). The van der Waals surface area contributed by atoms with E-state index in [0.717, 1.165) is 24.6 Å². The van der Waals surface area contributed by atoms with Gasteiger partial charge in [0.2, 0.25) is 5.91 Å². The van der Waals surface area contributed by atoms with Crippen molar-refractivity contribution in [2.24, 2.45) is 0 Å². The summed E-state index contributed by atoms with van der Waals surface area (Å²) in [7, 11) is 0. The molecule has 10 heteroatoms. The summed E-state index contributed by atoms with van der Waals surface area (Å²) in [6.07, 6.45) is 3.14. The van der Waals surface area contributed by atoms with Crippen LogP contribution in [-0.4, -0.2) is 51.4 Å². The Balaban J connectivity index is 1.39. The average Bonchev–Trinajstić information content (AvgIpc) is 3.42. The minimum atomic E-state index is -1.30. The van der Waals surface area contributed by atoms with E-state index in [1.807, 2.05) is 16.9 Å². The van der Waals surface area contributed by atoms with Crippen molar-refractivity contribution in [3.63, 3.8) is 0 Å². The van der Waals surface area contributed by atoms with E-state index in [-0.39, 0.29) is 30.4 Å². The summed E-state index contributed by atoms with van der Waals surface area (Å²) in [6.45, 7) is 6.01. The molecule has 1 aliphatic heterocycles. The van der Waals surface area contributed by atoms with E-state index in [1.165, 1.54) is 0 Å². The standard InChI is InChI=1S/C24H29F3N4O3/c1-24(2,3)34-23(33)28-16(8-15-9-19(26)20(27)11-18(15)25)10-22(32)30-12-17(13-30)31-7-6-21(29-31)14-4-5-14/h6-7,9,11,14,16-17H,4-5,8,10,12-13H2,1-3H3,(H,28,33). The van der Waals surface area contributed by atoms with Crippen LogP contribution >= 0.6 is 0 Å². The lowest BCUT2D eigenvalue weighted by molar-refractivity contribution is -0.137. The quantitative estimate of drug-likeness (QED) is 0.609. The number of nitrogens with zero attached hydrogens (tertiary/aromatic N) is 3. The summed E-state index contributed by atoms with van der Waals surface area (Å²) < 4.78 is 48.3. The van der Waals surface area contributed by atoms with Gasteiger partial charge in [0.05, 0.1) is 11.7 Å². The monoisotopic (exact) mass is 478 g/mol. The molecule has 1 aliphatic carbocycles. The molecule has 2 aliphatic rings. The fourth-order valence-electron chi connectivity index (χ4n) is 3.95. The summed E-state index contributed by atoms with van der Waals surface area (Å²) in [5.74, 6) is -3.14. The largest absolute Gasteiger partial charge is 0.444 e. The van der Waals surface area contributed by atoms with Crippen LogP contribution in [0.15, 0.2) is 24.4 Å². The number of nitrogens with one attached hydrogen (secondary N) is 1. The van der Waals surface area contributed by atoms with Crippen LogP contribution in [0.2, 0.25) is 0 Å². The third-order valence-electron chi connectivity index (χ3n) is 5.91. The number of carbonyl (C=O) groups excluding carboxylic acids is 2. The van der Waals surface area contributed by atoms with E-state index in [2.05, 4.69) is 10.4 Å². The van der Waals surface area contributed by atoms with Crippen LogP contribution in [0, 0.1) is 17.5 Å². The predicted molar refractivity (Wildman–Crippen MR) is 118 cm³/mol. The van der Waals surface area contributed by atoms with Crippen molar-refractivity contribution in [1.29, 1.82) is 0 Å². The van der Waals surface area contributed by atoms with Gasteiger partial charge in [-0.2, -0.15) is 5.10 Å². The molecule has 1 unspecified atom stereocenters.